The molecule has 0 N–H and O–H groups in total. The number of fused-ring (bicyclic) bond motifs is 1. The molecule has 4 nitrogen and oxygen atoms in total. The highest BCUT2D eigenvalue weighted by molar-refractivity contribution is 7.89. The van der Waals surface area contributed by atoms with Gasteiger partial charge in [-0.25, -0.2) is 8.42 Å². The Morgan fingerprint density at radius 3 is 2.69 bits per heavy atom. The summed E-state index contributed by atoms with van der Waals surface area (Å²) in [5.74, 6) is 0. The number of aromatic nitrogens is 2. The van der Waals surface area contributed by atoms with E-state index in [1.54, 1.807) is 6.20 Å². The van der Waals surface area contributed by atoms with Gasteiger partial charge in [0.2, 0.25) is 0 Å². The summed E-state index contributed by atoms with van der Waals surface area (Å²) in [6.07, 6.45) is 6.95. The normalized spacial score (nSPS) is 17.0. The van der Waals surface area contributed by atoms with Gasteiger partial charge >= 0.3 is 0 Å². The van der Waals surface area contributed by atoms with Gasteiger partial charge in [0.05, 0.1) is 11.9 Å². The molecule has 0 bridgehead atoms. The maximum absolute atomic E-state index is 11.2. The first-order valence-electron chi connectivity index (χ1n) is 4.35. The predicted molar refractivity (Wildman–Crippen MR) is 49.1 cm³/mol. The lowest BCUT2D eigenvalue weighted by Crippen LogP contribution is -2.10. The lowest BCUT2D eigenvalue weighted by Gasteiger charge is -2.06. The molecule has 5 heteroatoms. The van der Waals surface area contributed by atoms with Crippen LogP contribution in [0.4, 0.5) is 0 Å². The lowest BCUT2D eigenvalue weighted by molar-refractivity contribution is 0.585. The summed E-state index contributed by atoms with van der Waals surface area (Å²) in [5, 5.41) is 4.05. The molecule has 0 aromatic carbocycles. The van der Waals surface area contributed by atoms with Crippen molar-refractivity contribution in [3.05, 3.63) is 17.5 Å². The average Bonchev–Trinajstić information content (AvgIpc) is 2.45. The Hall–Kier alpha value is -0.840. The fourth-order valence-electron chi connectivity index (χ4n) is 1.62. The maximum Gasteiger partial charge on any atom is 0.250 e. The Kier molecular flexibility index (Phi) is 1.91. The SMILES string of the molecule is CS(=O)(=O)n1cc2c(n1)CCCC2. The van der Waals surface area contributed by atoms with Crippen LogP contribution in [0.2, 0.25) is 0 Å². The van der Waals surface area contributed by atoms with Crippen LogP contribution in [0.5, 0.6) is 0 Å². The summed E-state index contributed by atoms with van der Waals surface area (Å²) >= 11 is 0. The summed E-state index contributed by atoms with van der Waals surface area (Å²) in [5.41, 5.74) is 2.05. The number of rotatable bonds is 1. The van der Waals surface area contributed by atoms with Crippen LogP contribution in [0.15, 0.2) is 6.20 Å². The Morgan fingerprint density at radius 2 is 2.08 bits per heavy atom. The zero-order valence-corrected chi connectivity index (χ0v) is 8.34. The Bertz CT molecular complexity index is 396. The van der Waals surface area contributed by atoms with Crippen LogP contribution in [0, 0.1) is 0 Å². The van der Waals surface area contributed by atoms with Crippen molar-refractivity contribution >= 4 is 10.0 Å². The molecule has 0 aliphatic heterocycles. The van der Waals surface area contributed by atoms with Crippen LogP contribution in [-0.4, -0.2) is 23.9 Å². The maximum atomic E-state index is 11.2. The largest absolute Gasteiger partial charge is 0.250 e. The molecule has 0 saturated heterocycles. The van der Waals surface area contributed by atoms with Crippen LogP contribution in [-0.2, 0) is 22.9 Å². The molecule has 0 atom stereocenters. The van der Waals surface area contributed by atoms with Gasteiger partial charge in [-0.05, 0) is 31.2 Å². The molecule has 2 rings (SSSR count). The van der Waals surface area contributed by atoms with Crippen LogP contribution >= 0.6 is 0 Å². The van der Waals surface area contributed by atoms with E-state index in [9.17, 15) is 8.42 Å². The number of nitrogens with zero attached hydrogens (tertiary/aromatic N) is 2. The van der Waals surface area contributed by atoms with E-state index in [1.807, 2.05) is 0 Å². The summed E-state index contributed by atoms with van der Waals surface area (Å²) < 4.78 is 23.4. The zero-order valence-electron chi connectivity index (χ0n) is 7.52. The minimum absolute atomic E-state index is 0.915. The molecule has 0 unspecified atom stereocenters. The van der Waals surface area contributed by atoms with Crippen molar-refractivity contribution in [1.29, 1.82) is 0 Å². The second-order valence-electron chi connectivity index (χ2n) is 3.44. The van der Waals surface area contributed by atoms with Gasteiger partial charge in [0.1, 0.15) is 0 Å². The summed E-state index contributed by atoms with van der Waals surface area (Å²) in [7, 11) is -3.19. The van der Waals surface area contributed by atoms with Crippen LogP contribution in [0.1, 0.15) is 24.1 Å². The van der Waals surface area contributed by atoms with Crippen LogP contribution in [0.25, 0.3) is 0 Å². The third-order valence-corrected chi connectivity index (χ3v) is 3.17. The van der Waals surface area contributed by atoms with Crippen LogP contribution in [0.3, 0.4) is 0 Å². The molecular formula is C8H12N2O2S. The van der Waals surface area contributed by atoms with Gasteiger partial charge < -0.3 is 0 Å². The topological polar surface area (TPSA) is 52.0 Å². The van der Waals surface area contributed by atoms with E-state index >= 15 is 0 Å². The highest BCUT2D eigenvalue weighted by Gasteiger charge is 2.16. The molecule has 72 valence electrons. The minimum atomic E-state index is -3.19. The van der Waals surface area contributed by atoms with E-state index in [4.69, 9.17) is 0 Å². The molecule has 1 aliphatic carbocycles. The molecule has 1 aliphatic rings. The Balaban J connectivity index is 2.47. The van der Waals surface area contributed by atoms with Gasteiger partial charge in [-0.15, -0.1) is 0 Å². The number of hydrogen-bond donors (Lipinski definition) is 0. The second kappa shape index (κ2) is 2.83. The van der Waals surface area contributed by atoms with Gasteiger partial charge in [-0.1, -0.05) is 0 Å². The Labute approximate surface area is 77.6 Å². The minimum Gasteiger partial charge on any atom is -0.205 e. The lowest BCUT2D eigenvalue weighted by atomic mass is 9.99. The Morgan fingerprint density at radius 1 is 1.38 bits per heavy atom. The van der Waals surface area contributed by atoms with E-state index in [0.717, 1.165) is 41.0 Å². The van der Waals surface area contributed by atoms with Crippen molar-refractivity contribution < 1.29 is 8.42 Å². The van der Waals surface area contributed by atoms with Gasteiger partial charge in [0.25, 0.3) is 10.0 Å². The van der Waals surface area contributed by atoms with E-state index in [1.165, 1.54) is 6.26 Å². The highest BCUT2D eigenvalue weighted by Crippen LogP contribution is 2.19. The fraction of sp³-hybridized carbons (Fsp3) is 0.625. The van der Waals surface area contributed by atoms with Crippen molar-refractivity contribution in [3.63, 3.8) is 0 Å². The molecule has 0 radical (unpaired) electrons. The molecule has 13 heavy (non-hydrogen) atoms. The number of aryl methyl sites for hydroxylation is 2. The third kappa shape index (κ3) is 1.60. The van der Waals surface area contributed by atoms with Gasteiger partial charge in [0, 0.05) is 6.20 Å². The molecule has 0 saturated carbocycles. The fourth-order valence-corrected chi connectivity index (χ4v) is 2.18. The van der Waals surface area contributed by atoms with Crippen LogP contribution < -0.4 is 0 Å². The molecule has 1 aromatic heterocycles. The first-order valence-corrected chi connectivity index (χ1v) is 6.20. The van der Waals surface area contributed by atoms with Crippen molar-refractivity contribution in [2.75, 3.05) is 6.26 Å². The third-order valence-electron chi connectivity index (χ3n) is 2.31. The first-order chi connectivity index (χ1) is 6.07. The quantitative estimate of drug-likeness (QED) is 0.666. The van der Waals surface area contributed by atoms with E-state index < -0.39 is 10.0 Å². The molecule has 0 spiro atoms. The molecular weight excluding hydrogens is 188 g/mol. The monoisotopic (exact) mass is 200 g/mol. The standard InChI is InChI=1S/C8H12N2O2S/c1-13(11,12)10-6-7-4-2-3-5-8(7)9-10/h6H,2-5H2,1H3. The van der Waals surface area contributed by atoms with E-state index in [0.29, 0.717) is 0 Å². The van der Waals surface area contributed by atoms with Crippen molar-refractivity contribution in [2.24, 2.45) is 0 Å². The summed E-state index contributed by atoms with van der Waals surface area (Å²) in [4.78, 5) is 0. The summed E-state index contributed by atoms with van der Waals surface area (Å²) in [6, 6.07) is 0. The van der Waals surface area contributed by atoms with Gasteiger partial charge in [-0.2, -0.15) is 9.19 Å². The smallest absolute Gasteiger partial charge is 0.205 e. The van der Waals surface area contributed by atoms with Crippen molar-refractivity contribution in [1.82, 2.24) is 9.19 Å². The van der Waals surface area contributed by atoms with Crippen molar-refractivity contribution in [2.45, 2.75) is 25.7 Å². The zero-order chi connectivity index (χ0) is 9.47. The van der Waals surface area contributed by atoms with Gasteiger partial charge in [-0.3, -0.25) is 0 Å². The molecule has 0 fully saturated rings. The molecule has 1 aromatic rings. The number of hydrogen-bond acceptors (Lipinski definition) is 3. The molecule has 0 amide bonds. The van der Waals surface area contributed by atoms with Gasteiger partial charge in [0.15, 0.2) is 0 Å². The molecule has 1 heterocycles. The van der Waals surface area contributed by atoms with Crippen molar-refractivity contribution in [3.8, 4) is 0 Å². The highest BCUT2D eigenvalue weighted by atomic mass is 32.2. The van der Waals surface area contributed by atoms with E-state index in [-0.39, 0.29) is 0 Å². The van der Waals surface area contributed by atoms with E-state index in [2.05, 4.69) is 5.10 Å². The first kappa shape index (κ1) is 8.74. The predicted octanol–water partition coefficient (Wildman–Crippen LogP) is 0.570. The average molecular weight is 200 g/mol. The second-order valence-corrected chi connectivity index (χ2v) is 5.28. The summed E-state index contributed by atoms with van der Waals surface area (Å²) in [6.45, 7) is 0.